The number of pyridine rings is 3. The fraction of sp³-hybridized carbons (Fsp3) is 0.393. The molecule has 0 spiro atoms. The van der Waals surface area contributed by atoms with Gasteiger partial charge in [-0.05, 0) is 166 Å². The number of rotatable bonds is 46. The summed E-state index contributed by atoms with van der Waals surface area (Å²) < 4.78 is 0. The number of hydrogen-bond donors (Lipinski definition) is 16. The van der Waals surface area contributed by atoms with Crippen LogP contribution in [0, 0.1) is 0 Å². The predicted octanol–water partition coefficient (Wildman–Crippen LogP) is 2.28. The van der Waals surface area contributed by atoms with Crippen molar-refractivity contribution in [1.29, 1.82) is 0 Å². The van der Waals surface area contributed by atoms with Gasteiger partial charge in [0.1, 0.15) is 60.4 Å². The first-order valence-electron chi connectivity index (χ1n) is 39.3. The largest absolute Gasteiger partial charge is 0.394 e. The monoisotopic (exact) mass is 1620 g/mol. The van der Waals surface area contributed by atoms with Gasteiger partial charge in [-0.2, -0.15) is 0 Å². The average molecular weight is 1620 g/mol. The van der Waals surface area contributed by atoms with Crippen molar-refractivity contribution in [2.24, 2.45) is 22.2 Å². The van der Waals surface area contributed by atoms with Crippen LogP contribution in [-0.2, 0) is 91.5 Å². The molecule has 8 aromatic rings. The predicted molar refractivity (Wildman–Crippen MR) is 442 cm³/mol. The summed E-state index contributed by atoms with van der Waals surface area (Å²) >= 11 is 6.28. The lowest BCUT2D eigenvalue weighted by atomic mass is 9.99. The molecule has 0 bridgehead atoms. The molecule has 11 amide bonds. The van der Waals surface area contributed by atoms with Gasteiger partial charge in [-0.3, -0.25) is 72.7 Å². The van der Waals surface area contributed by atoms with Gasteiger partial charge in [-0.25, -0.2) is 0 Å². The zero-order valence-electron chi connectivity index (χ0n) is 65.6. The minimum absolute atomic E-state index is 0.0107. The zero-order valence-corrected chi connectivity index (χ0v) is 66.3. The van der Waals surface area contributed by atoms with Crippen LogP contribution in [0.25, 0.3) is 21.7 Å². The lowest BCUT2D eigenvalue weighted by molar-refractivity contribution is -0.142. The third-order valence-electron chi connectivity index (χ3n) is 20.0. The van der Waals surface area contributed by atoms with Crippen LogP contribution < -0.4 is 75.7 Å². The van der Waals surface area contributed by atoms with E-state index in [-0.39, 0.29) is 83.3 Å². The van der Waals surface area contributed by atoms with E-state index in [1.54, 1.807) is 67.1 Å². The first-order chi connectivity index (χ1) is 56.5. The number of aromatic nitrogens is 4. The molecule has 0 aliphatic carbocycles. The van der Waals surface area contributed by atoms with E-state index in [0.717, 1.165) is 33.1 Å². The van der Waals surface area contributed by atoms with E-state index in [4.69, 9.17) is 28.8 Å². The molecule has 1 aliphatic rings. The molecule has 1 fully saturated rings. The van der Waals surface area contributed by atoms with Crippen molar-refractivity contribution in [3.63, 3.8) is 0 Å². The molecule has 4 aromatic heterocycles. The molecule has 9 rings (SSSR count). The number of aliphatic imine (C=N–C) groups is 1. The van der Waals surface area contributed by atoms with Gasteiger partial charge in [0.15, 0.2) is 5.96 Å². The molecule has 4 aromatic carbocycles. The second-order valence-corrected chi connectivity index (χ2v) is 29.4. The van der Waals surface area contributed by atoms with Gasteiger partial charge in [0.25, 0.3) is 0 Å². The molecule has 19 N–H and O–H groups in total. The molecule has 0 saturated carbocycles. The number of benzene rings is 4. The van der Waals surface area contributed by atoms with Crippen molar-refractivity contribution in [3.8, 4) is 0 Å². The number of aliphatic hydroxyl groups is 1. The van der Waals surface area contributed by atoms with Crippen LogP contribution in [-0.4, -0.2) is 194 Å². The van der Waals surface area contributed by atoms with Crippen molar-refractivity contribution in [2.75, 3.05) is 32.8 Å². The van der Waals surface area contributed by atoms with Gasteiger partial charge in [-0.15, -0.1) is 0 Å². The highest BCUT2D eigenvalue weighted by atomic mass is 35.5. The molecule has 117 heavy (non-hydrogen) atoms. The molecule has 1 aliphatic heterocycles. The topological polar surface area (TPSA) is 488 Å². The lowest BCUT2D eigenvalue weighted by Crippen LogP contribution is -2.61. The van der Waals surface area contributed by atoms with E-state index in [1.165, 1.54) is 31.1 Å². The van der Waals surface area contributed by atoms with Gasteiger partial charge in [0.2, 0.25) is 65.0 Å². The van der Waals surface area contributed by atoms with Crippen LogP contribution >= 0.6 is 11.6 Å². The number of guanidine groups is 1. The quantitative estimate of drug-likeness (QED) is 0.0148. The second kappa shape index (κ2) is 45.7. The summed E-state index contributed by atoms with van der Waals surface area (Å²) in [6.45, 7) is 3.54. The molecule has 1 saturated heterocycles. The Bertz CT molecular complexity index is 4680. The third kappa shape index (κ3) is 28.3. The average Bonchev–Trinajstić information content (AvgIpc) is 1.70. The number of H-pyrrole nitrogens is 1. The van der Waals surface area contributed by atoms with Crippen molar-refractivity contribution >= 4 is 104 Å². The molecule has 5 heterocycles. The number of carbonyl (C=O) groups excluding carboxylic acids is 11. The summed E-state index contributed by atoms with van der Waals surface area (Å²) in [5.41, 5.74) is 21.6. The highest BCUT2D eigenvalue weighted by Crippen LogP contribution is 2.25. The van der Waals surface area contributed by atoms with E-state index in [2.05, 4.69) is 83.4 Å². The summed E-state index contributed by atoms with van der Waals surface area (Å²) in [7, 11) is 0. The number of fused-ring (bicyclic) bond motifs is 2. The lowest BCUT2D eigenvalue weighted by Gasteiger charge is -2.30. The van der Waals surface area contributed by atoms with Crippen molar-refractivity contribution in [3.05, 3.63) is 209 Å². The van der Waals surface area contributed by atoms with Gasteiger partial charge < -0.3 is 90.7 Å². The van der Waals surface area contributed by atoms with E-state index < -0.39 is 132 Å². The number of halogens is 1. The van der Waals surface area contributed by atoms with Crippen LogP contribution in [0.1, 0.15) is 112 Å². The number of aromatic amines is 1. The zero-order chi connectivity index (χ0) is 83.6. The Hall–Kier alpha value is -12.3. The smallest absolute Gasteiger partial charge is 0.246 e. The number of para-hydroxylation sites is 1. The number of carbonyl (C=O) groups is 11. The number of unbranched alkanes of at least 4 members (excludes halogenated alkanes) is 2. The van der Waals surface area contributed by atoms with Crippen molar-refractivity contribution in [2.45, 2.75) is 177 Å². The van der Waals surface area contributed by atoms with Gasteiger partial charge in [0, 0.05) is 106 Å². The maximum Gasteiger partial charge on any atom is 0.246 e. The fourth-order valence-electron chi connectivity index (χ4n) is 13.7. The Balaban J connectivity index is 0.976. The van der Waals surface area contributed by atoms with Crippen LogP contribution in [0.15, 0.2) is 176 Å². The van der Waals surface area contributed by atoms with Gasteiger partial charge in [0.05, 0.1) is 18.0 Å². The minimum Gasteiger partial charge on any atom is -0.394 e. The van der Waals surface area contributed by atoms with Gasteiger partial charge in [-0.1, -0.05) is 103 Å². The Morgan fingerprint density at radius 3 is 1.61 bits per heavy atom. The van der Waals surface area contributed by atoms with E-state index in [0.29, 0.717) is 79.1 Å². The summed E-state index contributed by atoms with van der Waals surface area (Å²) in [5, 5.41) is 45.6. The number of amides is 11. The first-order valence-corrected chi connectivity index (χ1v) is 39.7. The van der Waals surface area contributed by atoms with E-state index in [1.807, 2.05) is 91.0 Å². The molecule has 10 atom stereocenters. The number of likely N-dealkylation sites (tertiary alicyclic amines) is 1. The van der Waals surface area contributed by atoms with Crippen molar-refractivity contribution < 1.29 is 57.8 Å². The summed E-state index contributed by atoms with van der Waals surface area (Å²) in [5.74, 6) is -8.85. The molecular formula is C84H105ClN20O12. The molecule has 620 valence electrons. The fourth-order valence-corrected chi connectivity index (χ4v) is 13.9. The highest BCUT2D eigenvalue weighted by molar-refractivity contribution is 6.30. The number of aliphatic hydroxyl groups excluding tert-OH is 1. The Morgan fingerprint density at radius 2 is 1.04 bits per heavy atom. The molecule has 32 nitrogen and oxygen atoms in total. The summed E-state index contributed by atoms with van der Waals surface area (Å²) in [6, 6.07) is 27.8. The highest BCUT2D eigenvalue weighted by Gasteiger charge is 2.41. The van der Waals surface area contributed by atoms with Crippen LogP contribution in [0.2, 0.25) is 5.02 Å². The number of primary amides is 1. The minimum atomic E-state index is -1.79. The SMILES string of the molecule is CC(=O)N[C@H](Cc1ccc2ccccc2c1)C(=O)N[C@H](Cc1ccc(Cl)cc1)C(=O)N[C@H](Cc1cccnc1)C(=O)N[C@@H](CO)C(=O)N[C@@H](CCCCNCc1ccccn1)C(=O)N[C@@H](CCCCNCc1ccccn1)C(=O)N[C@@H](CCCN=C(N)N)C(=O)N[C@@H](Cc1c[nH]c2ccccc12)C(=O)N1CCC[C@@H]1C(=O)N[C@H](C)C(N)=O. The van der Waals surface area contributed by atoms with Crippen LogP contribution in [0.5, 0.6) is 0 Å². The number of nitrogens with two attached hydrogens (primary N) is 3. The Kier molecular flexibility index (Phi) is 34.7. The van der Waals surface area contributed by atoms with E-state index >= 15 is 19.2 Å². The van der Waals surface area contributed by atoms with Crippen LogP contribution in [0.3, 0.4) is 0 Å². The molecule has 33 heteroatoms. The molecular weight excluding hydrogens is 1520 g/mol. The Morgan fingerprint density at radius 1 is 0.530 bits per heavy atom. The van der Waals surface area contributed by atoms with E-state index in [9.17, 15) is 38.7 Å². The standard InChI is InChI=1S/C84H105ClN20O12/c1-52(74(86)108)96-82(116)73-28-17-41-105(73)83(117)71(46-59-48-95-64-24-6-5-23-63(59)64)103-77(111)67(27-16-40-94-84(87)88)99-75(109)65(25-9-11-35-90-49-61-21-7-13-38-92-61)98-76(110)66(26-10-12-36-91-50-62-22-8-14-39-93-62)100-81(115)72(51-106)104-80(114)70(45-56-18-15-37-89-47-56)102-79(113)69(43-54-30-33-60(85)34-31-54)101-78(112)68(97-53(2)107)44-55-29-32-57-19-3-4-20-58(57)42-55/h3-8,13-15,18-24,29-34,37-39,42,47-48,52,65-73,90-91,95,106H,9-12,16-17,25-28,35-36,40-41,43-46,49-51H2,1-2H3,(H2,86,108)(H,96,116)(H,97,107)(H,98,110)(H,99,109)(H,100,115)(H,101,112)(H,102,113)(H,103,111)(H,104,114)(H4,87,88,94)/t52-,65+,66+,67+,68-,69-,70-,71+,72+,73-/m1/s1. The maximum atomic E-state index is 15.3. The first kappa shape index (κ1) is 88.7. The second-order valence-electron chi connectivity index (χ2n) is 29.0. The normalized spacial score (nSPS) is 14.8. The number of nitrogens with one attached hydrogen (secondary N) is 12. The third-order valence-corrected chi connectivity index (χ3v) is 20.2. The number of nitrogens with zero attached hydrogens (tertiary/aromatic N) is 5. The molecule has 0 radical (unpaired) electrons. The maximum absolute atomic E-state index is 15.3. The summed E-state index contributed by atoms with van der Waals surface area (Å²) in [4.78, 5) is 180. The van der Waals surface area contributed by atoms with Crippen molar-refractivity contribution in [1.82, 2.24) is 83.3 Å². The Labute approximate surface area is 683 Å². The summed E-state index contributed by atoms with van der Waals surface area (Å²) in [6.07, 6.45) is 9.73. The molecule has 0 unspecified atom stereocenters. The number of hydrogen-bond acceptors (Lipinski definition) is 18. The van der Waals surface area contributed by atoms with Gasteiger partial charge >= 0.3 is 0 Å². The van der Waals surface area contributed by atoms with Crippen LogP contribution in [0.4, 0.5) is 0 Å².